The quantitative estimate of drug-likeness (QED) is 0.827. The summed E-state index contributed by atoms with van der Waals surface area (Å²) in [7, 11) is 0. The molecule has 2 aromatic rings. The fourth-order valence-corrected chi connectivity index (χ4v) is 3.18. The van der Waals surface area contributed by atoms with Gasteiger partial charge in [0.1, 0.15) is 12.2 Å². The van der Waals surface area contributed by atoms with Crippen molar-refractivity contribution in [2.45, 2.75) is 38.1 Å². The van der Waals surface area contributed by atoms with Crippen molar-refractivity contribution >= 4 is 16.9 Å². The molecule has 3 atom stereocenters. The maximum absolute atomic E-state index is 12.6. The van der Waals surface area contributed by atoms with Crippen molar-refractivity contribution in [1.29, 1.82) is 0 Å². The van der Waals surface area contributed by atoms with Gasteiger partial charge in [0, 0.05) is 19.5 Å². The number of fused-ring (bicyclic) bond motifs is 1. The molecule has 7 nitrogen and oxygen atoms in total. The molecule has 0 saturated carbocycles. The molecule has 1 aliphatic heterocycles. The number of hydrogen-bond acceptors (Lipinski definition) is 5. The van der Waals surface area contributed by atoms with E-state index in [9.17, 15) is 15.0 Å². The Hall–Kier alpha value is -1.96. The van der Waals surface area contributed by atoms with Gasteiger partial charge in [-0.3, -0.25) is 4.79 Å². The van der Waals surface area contributed by atoms with Gasteiger partial charge in [0.15, 0.2) is 0 Å². The van der Waals surface area contributed by atoms with Crippen LogP contribution in [0.25, 0.3) is 11.0 Å². The van der Waals surface area contributed by atoms with Gasteiger partial charge in [-0.05, 0) is 19.1 Å². The molecule has 1 aromatic heterocycles. The summed E-state index contributed by atoms with van der Waals surface area (Å²) in [6.45, 7) is 3.18. The van der Waals surface area contributed by atoms with Crippen molar-refractivity contribution in [2.75, 3.05) is 19.8 Å². The number of para-hydroxylation sites is 2. The number of ether oxygens (including phenoxy) is 1. The maximum atomic E-state index is 12.6. The van der Waals surface area contributed by atoms with Gasteiger partial charge in [0.25, 0.3) is 0 Å². The van der Waals surface area contributed by atoms with Crippen LogP contribution in [0.2, 0.25) is 0 Å². The summed E-state index contributed by atoms with van der Waals surface area (Å²) < 4.78 is 7.23. The van der Waals surface area contributed by atoms with Crippen molar-refractivity contribution in [1.82, 2.24) is 14.5 Å². The SMILES string of the molecule is CCN(C(=O)CCn1cnc2ccccc21)[C@@H]1COC[C@@H](O)[C@H]1O. The molecule has 2 N–H and O–H groups in total. The molecule has 3 rings (SSSR count). The van der Waals surface area contributed by atoms with Crippen LogP contribution in [0.15, 0.2) is 30.6 Å². The topological polar surface area (TPSA) is 87.8 Å². The lowest BCUT2D eigenvalue weighted by atomic mass is 10.0. The fourth-order valence-electron chi connectivity index (χ4n) is 3.18. The van der Waals surface area contributed by atoms with Gasteiger partial charge < -0.3 is 24.4 Å². The highest BCUT2D eigenvalue weighted by atomic mass is 16.5. The van der Waals surface area contributed by atoms with E-state index in [-0.39, 0.29) is 19.1 Å². The zero-order chi connectivity index (χ0) is 17.1. The van der Waals surface area contributed by atoms with Crippen molar-refractivity contribution in [2.24, 2.45) is 0 Å². The lowest BCUT2D eigenvalue weighted by molar-refractivity contribution is -0.155. The van der Waals surface area contributed by atoms with Gasteiger partial charge in [-0.25, -0.2) is 4.98 Å². The van der Waals surface area contributed by atoms with E-state index in [1.54, 1.807) is 11.2 Å². The van der Waals surface area contributed by atoms with Crippen molar-refractivity contribution in [3.05, 3.63) is 30.6 Å². The number of rotatable bonds is 5. The summed E-state index contributed by atoms with van der Waals surface area (Å²) >= 11 is 0. The molecule has 1 aromatic carbocycles. The van der Waals surface area contributed by atoms with Crippen molar-refractivity contribution < 1.29 is 19.7 Å². The number of aliphatic hydroxyl groups excluding tert-OH is 2. The molecule has 1 amide bonds. The van der Waals surface area contributed by atoms with Gasteiger partial charge in [-0.2, -0.15) is 0 Å². The average molecular weight is 333 g/mol. The minimum absolute atomic E-state index is 0.0722. The average Bonchev–Trinajstić information content (AvgIpc) is 3.00. The molecule has 2 heterocycles. The second-order valence-electron chi connectivity index (χ2n) is 6.02. The Bertz CT molecular complexity index is 702. The number of amides is 1. The molecular weight excluding hydrogens is 310 g/mol. The Balaban J connectivity index is 1.66. The Morgan fingerprint density at radius 1 is 1.38 bits per heavy atom. The first kappa shape index (κ1) is 16.9. The van der Waals surface area contributed by atoms with E-state index in [2.05, 4.69) is 4.98 Å². The Morgan fingerprint density at radius 3 is 2.96 bits per heavy atom. The van der Waals surface area contributed by atoms with E-state index in [0.717, 1.165) is 11.0 Å². The Kier molecular flexibility index (Phi) is 5.13. The van der Waals surface area contributed by atoms with Gasteiger partial charge in [0.05, 0.1) is 36.6 Å². The number of aliphatic hydroxyl groups is 2. The van der Waals surface area contributed by atoms with Crippen LogP contribution in [0.1, 0.15) is 13.3 Å². The summed E-state index contributed by atoms with van der Waals surface area (Å²) in [4.78, 5) is 18.5. The Labute approximate surface area is 140 Å². The number of hydrogen-bond donors (Lipinski definition) is 2. The standard InChI is InChI=1S/C17H23N3O4/c1-2-20(14-9-24-10-15(21)17(14)23)16(22)7-8-19-11-18-12-5-3-4-6-13(12)19/h3-6,11,14-15,17,21,23H,2,7-10H2,1H3/t14-,15-,17+/m1/s1. The molecule has 24 heavy (non-hydrogen) atoms. The minimum Gasteiger partial charge on any atom is -0.388 e. The van der Waals surface area contributed by atoms with E-state index < -0.39 is 18.2 Å². The fraction of sp³-hybridized carbons (Fsp3) is 0.529. The zero-order valence-electron chi connectivity index (χ0n) is 13.7. The lowest BCUT2D eigenvalue weighted by Gasteiger charge is -2.39. The Morgan fingerprint density at radius 2 is 2.17 bits per heavy atom. The van der Waals surface area contributed by atoms with Crippen LogP contribution in [-0.4, -0.2) is 68.6 Å². The van der Waals surface area contributed by atoms with E-state index >= 15 is 0 Å². The highest BCUT2D eigenvalue weighted by Gasteiger charge is 2.36. The van der Waals surface area contributed by atoms with E-state index in [0.29, 0.717) is 19.5 Å². The molecule has 130 valence electrons. The summed E-state index contributed by atoms with van der Waals surface area (Å²) in [6.07, 6.45) is 0.101. The number of carbonyl (C=O) groups is 1. The predicted octanol–water partition coefficient (Wildman–Crippen LogP) is 0.396. The van der Waals surface area contributed by atoms with E-state index in [1.165, 1.54) is 0 Å². The molecule has 7 heteroatoms. The summed E-state index contributed by atoms with van der Waals surface area (Å²) in [5, 5.41) is 19.9. The van der Waals surface area contributed by atoms with Gasteiger partial charge in [-0.15, -0.1) is 0 Å². The van der Waals surface area contributed by atoms with Gasteiger partial charge >= 0.3 is 0 Å². The van der Waals surface area contributed by atoms with Crippen LogP contribution in [0, 0.1) is 0 Å². The zero-order valence-corrected chi connectivity index (χ0v) is 13.7. The molecule has 1 fully saturated rings. The van der Waals surface area contributed by atoms with Crippen LogP contribution < -0.4 is 0 Å². The number of carbonyl (C=O) groups excluding carboxylic acids is 1. The summed E-state index contributed by atoms with van der Waals surface area (Å²) in [6, 6.07) is 7.27. The van der Waals surface area contributed by atoms with Crippen LogP contribution in [0.5, 0.6) is 0 Å². The first-order valence-electron chi connectivity index (χ1n) is 8.25. The first-order chi connectivity index (χ1) is 11.6. The smallest absolute Gasteiger partial charge is 0.224 e. The number of imidazole rings is 1. The minimum atomic E-state index is -0.975. The van der Waals surface area contributed by atoms with Crippen LogP contribution >= 0.6 is 0 Å². The third-order valence-corrected chi connectivity index (χ3v) is 4.52. The van der Waals surface area contributed by atoms with Crippen LogP contribution in [0.3, 0.4) is 0 Å². The predicted molar refractivity (Wildman–Crippen MR) is 88.4 cm³/mol. The number of likely N-dealkylation sites (N-methyl/N-ethyl adjacent to an activating group) is 1. The molecular formula is C17H23N3O4. The lowest BCUT2D eigenvalue weighted by Crippen LogP contribution is -2.57. The van der Waals surface area contributed by atoms with Crippen molar-refractivity contribution in [3.8, 4) is 0 Å². The third-order valence-electron chi connectivity index (χ3n) is 4.52. The second kappa shape index (κ2) is 7.29. The molecule has 0 aliphatic carbocycles. The summed E-state index contributed by atoms with van der Waals surface area (Å²) in [5.41, 5.74) is 1.89. The number of benzene rings is 1. The van der Waals surface area contributed by atoms with E-state index in [1.807, 2.05) is 35.8 Å². The third kappa shape index (κ3) is 3.28. The van der Waals surface area contributed by atoms with Gasteiger partial charge in [0.2, 0.25) is 5.91 Å². The molecule has 0 radical (unpaired) electrons. The molecule has 1 saturated heterocycles. The highest BCUT2D eigenvalue weighted by Crippen LogP contribution is 2.17. The number of aryl methyl sites for hydroxylation is 1. The maximum Gasteiger partial charge on any atom is 0.224 e. The largest absolute Gasteiger partial charge is 0.388 e. The van der Waals surface area contributed by atoms with Crippen LogP contribution in [-0.2, 0) is 16.1 Å². The van der Waals surface area contributed by atoms with Crippen LogP contribution in [0.4, 0.5) is 0 Å². The monoisotopic (exact) mass is 333 g/mol. The molecule has 0 unspecified atom stereocenters. The van der Waals surface area contributed by atoms with E-state index in [4.69, 9.17) is 4.74 Å². The number of aromatic nitrogens is 2. The van der Waals surface area contributed by atoms with Crippen molar-refractivity contribution in [3.63, 3.8) is 0 Å². The normalized spacial score (nSPS) is 24.2. The summed E-state index contributed by atoms with van der Waals surface area (Å²) in [5.74, 6) is -0.0722. The number of nitrogens with zero attached hydrogens (tertiary/aromatic N) is 3. The van der Waals surface area contributed by atoms with Gasteiger partial charge in [-0.1, -0.05) is 12.1 Å². The molecule has 0 bridgehead atoms. The highest BCUT2D eigenvalue weighted by molar-refractivity contribution is 5.78. The molecule has 1 aliphatic rings. The first-order valence-corrected chi connectivity index (χ1v) is 8.25. The second-order valence-corrected chi connectivity index (χ2v) is 6.02. The molecule has 0 spiro atoms.